The molecule has 0 spiro atoms. The molecular formula is C10H10F3IO. The van der Waals surface area contributed by atoms with Crippen LogP contribution in [0.3, 0.4) is 0 Å². The van der Waals surface area contributed by atoms with E-state index in [2.05, 4.69) is 22.6 Å². The number of hydrogen-bond donors (Lipinski definition) is 1. The van der Waals surface area contributed by atoms with Gasteiger partial charge < -0.3 is 5.11 Å². The topological polar surface area (TPSA) is 20.2 Å². The van der Waals surface area contributed by atoms with Crippen molar-refractivity contribution >= 4 is 22.6 Å². The molecule has 1 N–H and O–H groups in total. The average Bonchev–Trinajstić information content (AvgIpc) is 2.13. The summed E-state index contributed by atoms with van der Waals surface area (Å²) < 4.78 is 36.6. The van der Waals surface area contributed by atoms with Crippen molar-refractivity contribution in [3.05, 3.63) is 33.4 Å². The van der Waals surface area contributed by atoms with Crippen LogP contribution >= 0.6 is 22.6 Å². The molecule has 1 unspecified atom stereocenters. The maximum atomic E-state index is 11.9. The van der Waals surface area contributed by atoms with E-state index in [0.29, 0.717) is 5.56 Å². The lowest BCUT2D eigenvalue weighted by Crippen LogP contribution is -2.10. The fourth-order valence-corrected chi connectivity index (χ4v) is 1.75. The van der Waals surface area contributed by atoms with Gasteiger partial charge in [-0.25, -0.2) is 0 Å². The summed E-state index contributed by atoms with van der Waals surface area (Å²) in [5.74, 6) is 0. The Hall–Kier alpha value is -0.300. The summed E-state index contributed by atoms with van der Waals surface area (Å²) >= 11 is 2.05. The lowest BCUT2D eigenvalue weighted by molar-refractivity contribution is -0.140. The molecule has 0 saturated carbocycles. The SMILES string of the molecule is OC(CCC(F)(F)F)c1cccc(I)c1. The Kier molecular flexibility index (Phi) is 4.39. The molecule has 0 aliphatic rings. The van der Waals surface area contributed by atoms with E-state index in [1.54, 1.807) is 18.2 Å². The van der Waals surface area contributed by atoms with E-state index < -0.39 is 18.7 Å². The van der Waals surface area contributed by atoms with Gasteiger partial charge in [0.1, 0.15) is 0 Å². The van der Waals surface area contributed by atoms with Crippen LogP contribution in [-0.4, -0.2) is 11.3 Å². The molecule has 0 bridgehead atoms. The maximum Gasteiger partial charge on any atom is 0.389 e. The monoisotopic (exact) mass is 330 g/mol. The predicted molar refractivity (Wildman–Crippen MR) is 59.4 cm³/mol. The zero-order chi connectivity index (χ0) is 11.5. The van der Waals surface area contributed by atoms with Crippen LogP contribution in [0.1, 0.15) is 24.5 Å². The predicted octanol–water partition coefficient (Wildman–Crippen LogP) is 3.67. The lowest BCUT2D eigenvalue weighted by atomic mass is 10.1. The zero-order valence-corrected chi connectivity index (χ0v) is 9.92. The molecule has 0 saturated heterocycles. The number of hydrogen-bond acceptors (Lipinski definition) is 1. The molecule has 0 heterocycles. The third-order valence-electron chi connectivity index (χ3n) is 1.93. The van der Waals surface area contributed by atoms with E-state index in [1.807, 2.05) is 6.07 Å². The largest absolute Gasteiger partial charge is 0.389 e. The standard InChI is InChI=1S/C10H10F3IO/c11-10(12,13)5-4-9(15)7-2-1-3-8(14)6-7/h1-3,6,9,15H,4-5H2. The Morgan fingerprint density at radius 3 is 2.53 bits per heavy atom. The Morgan fingerprint density at radius 2 is 2.00 bits per heavy atom. The van der Waals surface area contributed by atoms with E-state index in [9.17, 15) is 18.3 Å². The average molecular weight is 330 g/mol. The molecule has 1 aromatic carbocycles. The highest BCUT2D eigenvalue weighted by molar-refractivity contribution is 14.1. The molecule has 1 atom stereocenters. The highest BCUT2D eigenvalue weighted by Gasteiger charge is 2.28. The molecule has 0 aliphatic heterocycles. The van der Waals surface area contributed by atoms with Gasteiger partial charge in [0.2, 0.25) is 0 Å². The minimum Gasteiger partial charge on any atom is -0.388 e. The second kappa shape index (κ2) is 5.16. The number of rotatable bonds is 3. The van der Waals surface area contributed by atoms with Gasteiger partial charge in [0, 0.05) is 9.99 Å². The summed E-state index contributed by atoms with van der Waals surface area (Å²) in [7, 11) is 0. The molecule has 5 heteroatoms. The van der Waals surface area contributed by atoms with Crippen molar-refractivity contribution < 1.29 is 18.3 Å². The molecular weight excluding hydrogens is 320 g/mol. The van der Waals surface area contributed by atoms with E-state index in [-0.39, 0.29) is 6.42 Å². The second-order valence-electron chi connectivity index (χ2n) is 3.22. The van der Waals surface area contributed by atoms with E-state index in [4.69, 9.17) is 0 Å². The van der Waals surface area contributed by atoms with Gasteiger partial charge in [-0.15, -0.1) is 0 Å². The van der Waals surface area contributed by atoms with Crippen LogP contribution < -0.4 is 0 Å². The van der Waals surface area contributed by atoms with Crippen LogP contribution in [0.4, 0.5) is 13.2 Å². The summed E-state index contributed by atoms with van der Waals surface area (Å²) in [4.78, 5) is 0. The third-order valence-corrected chi connectivity index (χ3v) is 2.61. The quantitative estimate of drug-likeness (QED) is 0.839. The molecule has 15 heavy (non-hydrogen) atoms. The first kappa shape index (κ1) is 12.8. The first-order valence-corrected chi connectivity index (χ1v) is 5.46. The second-order valence-corrected chi connectivity index (χ2v) is 4.47. The van der Waals surface area contributed by atoms with Crippen molar-refractivity contribution in [3.8, 4) is 0 Å². The van der Waals surface area contributed by atoms with Crippen LogP contribution in [0, 0.1) is 3.57 Å². The number of aliphatic hydroxyl groups is 1. The number of benzene rings is 1. The third kappa shape index (κ3) is 4.83. The summed E-state index contributed by atoms with van der Waals surface area (Å²) in [6, 6.07) is 6.85. The van der Waals surface area contributed by atoms with Crippen molar-refractivity contribution in [2.75, 3.05) is 0 Å². The van der Waals surface area contributed by atoms with Gasteiger partial charge >= 0.3 is 6.18 Å². The molecule has 0 aromatic heterocycles. The Labute approximate surface area is 99.4 Å². The van der Waals surface area contributed by atoms with E-state index in [0.717, 1.165) is 3.57 Å². The first-order chi connectivity index (χ1) is 6.88. The summed E-state index contributed by atoms with van der Waals surface area (Å²) in [6.07, 6.45) is -6.49. The lowest BCUT2D eigenvalue weighted by Gasteiger charge is -2.12. The number of alkyl halides is 3. The maximum absolute atomic E-state index is 11.9. The Bertz CT molecular complexity index is 325. The molecule has 0 amide bonds. The van der Waals surface area contributed by atoms with Crippen molar-refractivity contribution in [3.63, 3.8) is 0 Å². The molecule has 1 nitrogen and oxygen atoms in total. The van der Waals surface area contributed by atoms with Gasteiger partial charge in [0.25, 0.3) is 0 Å². The first-order valence-electron chi connectivity index (χ1n) is 4.39. The smallest absolute Gasteiger partial charge is 0.388 e. The highest BCUT2D eigenvalue weighted by atomic mass is 127. The van der Waals surface area contributed by atoms with Crippen molar-refractivity contribution in [2.24, 2.45) is 0 Å². The van der Waals surface area contributed by atoms with Crippen LogP contribution in [0.25, 0.3) is 0 Å². The van der Waals surface area contributed by atoms with Gasteiger partial charge in [0.15, 0.2) is 0 Å². The van der Waals surface area contributed by atoms with Crippen LogP contribution in [0.15, 0.2) is 24.3 Å². The van der Waals surface area contributed by atoms with Crippen molar-refractivity contribution in [2.45, 2.75) is 25.1 Å². The molecule has 1 rings (SSSR count). The van der Waals surface area contributed by atoms with Gasteiger partial charge in [-0.05, 0) is 46.7 Å². The highest BCUT2D eigenvalue weighted by Crippen LogP contribution is 2.27. The van der Waals surface area contributed by atoms with E-state index >= 15 is 0 Å². The minimum atomic E-state index is -4.21. The zero-order valence-electron chi connectivity index (χ0n) is 7.76. The number of aliphatic hydroxyl groups excluding tert-OH is 1. The van der Waals surface area contributed by atoms with Crippen LogP contribution in [0.2, 0.25) is 0 Å². The minimum absolute atomic E-state index is 0.288. The van der Waals surface area contributed by atoms with Gasteiger partial charge in [-0.3, -0.25) is 0 Å². The molecule has 0 aliphatic carbocycles. The van der Waals surface area contributed by atoms with Gasteiger partial charge in [0.05, 0.1) is 6.10 Å². The Morgan fingerprint density at radius 1 is 1.33 bits per heavy atom. The van der Waals surface area contributed by atoms with Crippen LogP contribution in [0.5, 0.6) is 0 Å². The normalized spacial score (nSPS) is 13.9. The van der Waals surface area contributed by atoms with E-state index in [1.165, 1.54) is 0 Å². The van der Waals surface area contributed by atoms with Crippen LogP contribution in [-0.2, 0) is 0 Å². The molecule has 84 valence electrons. The summed E-state index contributed by atoms with van der Waals surface area (Å²) in [6.45, 7) is 0. The van der Waals surface area contributed by atoms with Crippen molar-refractivity contribution in [1.29, 1.82) is 0 Å². The van der Waals surface area contributed by atoms with Crippen molar-refractivity contribution in [1.82, 2.24) is 0 Å². The van der Waals surface area contributed by atoms with Gasteiger partial charge in [-0.1, -0.05) is 12.1 Å². The summed E-state index contributed by atoms with van der Waals surface area (Å²) in [5, 5.41) is 9.50. The fraction of sp³-hybridized carbons (Fsp3) is 0.400. The molecule has 1 aromatic rings. The number of halogens is 4. The fourth-order valence-electron chi connectivity index (χ4n) is 1.18. The molecule has 0 radical (unpaired) electrons. The van der Waals surface area contributed by atoms with Gasteiger partial charge in [-0.2, -0.15) is 13.2 Å². The summed E-state index contributed by atoms with van der Waals surface area (Å²) in [5.41, 5.74) is 0.533. The molecule has 0 fully saturated rings. The Balaban J connectivity index is 2.58.